The number of ether oxygens (including phenoxy) is 3. The van der Waals surface area contributed by atoms with Crippen molar-refractivity contribution in [3.63, 3.8) is 0 Å². The maximum Gasteiger partial charge on any atom is 0.137 e. The molecule has 0 aliphatic carbocycles. The number of hydrogen-bond acceptors (Lipinski definition) is 6. The van der Waals surface area contributed by atoms with Gasteiger partial charge in [0, 0.05) is 44.6 Å². The van der Waals surface area contributed by atoms with Gasteiger partial charge in [0.1, 0.15) is 17.3 Å². The summed E-state index contributed by atoms with van der Waals surface area (Å²) in [5.41, 5.74) is 0. The van der Waals surface area contributed by atoms with Crippen molar-refractivity contribution < 1.29 is 28.6 Å². The van der Waals surface area contributed by atoms with Crippen molar-refractivity contribution in [2.75, 3.05) is 39.6 Å². The van der Waals surface area contributed by atoms with E-state index in [9.17, 15) is 14.4 Å². The van der Waals surface area contributed by atoms with Gasteiger partial charge in [0.05, 0.1) is 33.0 Å². The predicted molar refractivity (Wildman–Crippen MR) is 128 cm³/mol. The van der Waals surface area contributed by atoms with Gasteiger partial charge in [-0.2, -0.15) is 0 Å². The Balaban J connectivity index is 3.34. The normalized spacial score (nSPS) is 11.4. The van der Waals surface area contributed by atoms with Crippen molar-refractivity contribution in [3.8, 4) is 0 Å². The van der Waals surface area contributed by atoms with Crippen LogP contribution in [0, 0.1) is 11.8 Å². The van der Waals surface area contributed by atoms with Crippen LogP contribution >= 0.6 is 0 Å². The lowest BCUT2D eigenvalue weighted by Crippen LogP contribution is -2.13. The van der Waals surface area contributed by atoms with Crippen LogP contribution in [0.3, 0.4) is 0 Å². The van der Waals surface area contributed by atoms with Crippen LogP contribution in [0.15, 0.2) is 0 Å². The molecule has 32 heavy (non-hydrogen) atoms. The van der Waals surface area contributed by atoms with Gasteiger partial charge in [-0.05, 0) is 25.2 Å². The molecule has 0 radical (unpaired) electrons. The van der Waals surface area contributed by atoms with Crippen molar-refractivity contribution in [2.24, 2.45) is 11.8 Å². The molecule has 0 aromatic rings. The second-order valence-electron chi connectivity index (χ2n) is 9.24. The van der Waals surface area contributed by atoms with Gasteiger partial charge in [-0.15, -0.1) is 0 Å². The molecule has 188 valence electrons. The first-order valence-corrected chi connectivity index (χ1v) is 12.6. The third-order valence-corrected chi connectivity index (χ3v) is 5.27. The number of carbonyl (C=O) groups excluding carboxylic acids is 3. The number of rotatable bonds is 24. The number of carbonyl (C=O) groups is 3. The summed E-state index contributed by atoms with van der Waals surface area (Å²) >= 11 is 0. The second kappa shape index (κ2) is 21.7. The average molecular weight is 457 g/mol. The van der Waals surface area contributed by atoms with Gasteiger partial charge in [-0.1, -0.05) is 47.0 Å². The molecule has 0 aromatic heterocycles. The maximum atomic E-state index is 11.9. The second-order valence-corrected chi connectivity index (χ2v) is 9.24. The standard InChI is InChI=1S/C26H48O6/c1-22(2)10-6-5-7-11-24(27)12-8-13-25(28)14-9-16-30-18-20-32-21-19-31-17-15-26(29)23(3)4/h22-23H,5-21H2,1-4H3. The Morgan fingerprint density at radius 2 is 1.03 bits per heavy atom. The highest BCUT2D eigenvalue weighted by atomic mass is 16.5. The molecule has 0 unspecified atom stereocenters. The van der Waals surface area contributed by atoms with Crippen LogP contribution in [0.1, 0.15) is 98.3 Å². The molecule has 0 atom stereocenters. The van der Waals surface area contributed by atoms with E-state index in [1.807, 2.05) is 13.8 Å². The lowest BCUT2D eigenvalue weighted by molar-refractivity contribution is -0.123. The molecule has 0 heterocycles. The van der Waals surface area contributed by atoms with Gasteiger partial charge < -0.3 is 14.2 Å². The molecular weight excluding hydrogens is 408 g/mol. The van der Waals surface area contributed by atoms with Crippen LogP contribution in [0.5, 0.6) is 0 Å². The number of Topliss-reactive ketones (excluding diaryl/α,β-unsaturated/α-hetero) is 3. The van der Waals surface area contributed by atoms with Crippen LogP contribution in [-0.2, 0) is 28.6 Å². The fourth-order valence-corrected chi connectivity index (χ4v) is 3.16. The highest BCUT2D eigenvalue weighted by molar-refractivity contribution is 5.81. The smallest absolute Gasteiger partial charge is 0.137 e. The highest BCUT2D eigenvalue weighted by Crippen LogP contribution is 2.11. The number of hydrogen-bond donors (Lipinski definition) is 0. The van der Waals surface area contributed by atoms with Crippen molar-refractivity contribution >= 4 is 17.3 Å². The van der Waals surface area contributed by atoms with Gasteiger partial charge in [0.2, 0.25) is 0 Å². The minimum atomic E-state index is 0.0608. The van der Waals surface area contributed by atoms with Crippen molar-refractivity contribution in [1.29, 1.82) is 0 Å². The fraction of sp³-hybridized carbons (Fsp3) is 0.885. The summed E-state index contributed by atoms with van der Waals surface area (Å²) in [5, 5.41) is 0. The average Bonchev–Trinajstić information content (AvgIpc) is 2.73. The summed E-state index contributed by atoms with van der Waals surface area (Å²) in [6, 6.07) is 0. The Morgan fingerprint density at radius 3 is 1.59 bits per heavy atom. The maximum absolute atomic E-state index is 11.9. The third-order valence-electron chi connectivity index (χ3n) is 5.27. The SMILES string of the molecule is CC(C)CCCCCC(=O)CCCC(=O)CCCOCCOCCOCCC(=O)C(C)C. The largest absolute Gasteiger partial charge is 0.379 e. The molecule has 0 fully saturated rings. The predicted octanol–water partition coefficient (Wildman–Crippen LogP) is 5.35. The molecular formula is C26H48O6. The van der Waals surface area contributed by atoms with E-state index in [1.165, 1.54) is 12.8 Å². The summed E-state index contributed by atoms with van der Waals surface area (Å²) in [6.45, 7) is 11.1. The Kier molecular flexibility index (Phi) is 21.0. The van der Waals surface area contributed by atoms with Crippen LogP contribution in [-0.4, -0.2) is 57.0 Å². The van der Waals surface area contributed by atoms with Crippen molar-refractivity contribution in [3.05, 3.63) is 0 Å². The summed E-state index contributed by atoms with van der Waals surface area (Å²) in [4.78, 5) is 35.2. The van der Waals surface area contributed by atoms with Crippen LogP contribution < -0.4 is 0 Å². The quantitative estimate of drug-likeness (QED) is 0.182. The Morgan fingerprint density at radius 1 is 0.531 bits per heavy atom. The summed E-state index contributed by atoms with van der Waals surface area (Å²) in [7, 11) is 0. The fourth-order valence-electron chi connectivity index (χ4n) is 3.16. The van der Waals surface area contributed by atoms with Crippen molar-refractivity contribution in [2.45, 2.75) is 98.3 Å². The zero-order valence-electron chi connectivity index (χ0n) is 21.1. The van der Waals surface area contributed by atoms with E-state index in [-0.39, 0.29) is 17.5 Å². The van der Waals surface area contributed by atoms with E-state index >= 15 is 0 Å². The number of ketones is 3. The lowest BCUT2D eigenvalue weighted by Gasteiger charge is -2.07. The summed E-state index contributed by atoms with van der Waals surface area (Å²) < 4.78 is 16.2. The van der Waals surface area contributed by atoms with Gasteiger partial charge in [0.25, 0.3) is 0 Å². The van der Waals surface area contributed by atoms with E-state index in [4.69, 9.17) is 14.2 Å². The third kappa shape index (κ3) is 22.1. The molecule has 0 bridgehead atoms. The minimum absolute atomic E-state index is 0.0608. The van der Waals surface area contributed by atoms with E-state index in [0.717, 1.165) is 18.8 Å². The molecule has 6 nitrogen and oxygen atoms in total. The Hall–Kier alpha value is -1.11. The van der Waals surface area contributed by atoms with E-state index in [0.29, 0.717) is 90.4 Å². The molecule has 0 spiro atoms. The molecule has 0 aromatic carbocycles. The van der Waals surface area contributed by atoms with E-state index < -0.39 is 0 Å². The molecule has 0 saturated heterocycles. The summed E-state index contributed by atoms with van der Waals surface area (Å²) in [5.74, 6) is 1.52. The van der Waals surface area contributed by atoms with E-state index in [2.05, 4.69) is 13.8 Å². The van der Waals surface area contributed by atoms with Gasteiger partial charge in [0.15, 0.2) is 0 Å². The highest BCUT2D eigenvalue weighted by Gasteiger charge is 2.07. The van der Waals surface area contributed by atoms with Gasteiger partial charge in [-0.25, -0.2) is 0 Å². The van der Waals surface area contributed by atoms with Gasteiger partial charge in [-0.3, -0.25) is 14.4 Å². The first kappa shape index (κ1) is 30.9. The molecule has 0 aliphatic heterocycles. The minimum Gasteiger partial charge on any atom is -0.379 e. The van der Waals surface area contributed by atoms with Crippen molar-refractivity contribution in [1.82, 2.24) is 0 Å². The zero-order valence-corrected chi connectivity index (χ0v) is 21.1. The van der Waals surface area contributed by atoms with Gasteiger partial charge >= 0.3 is 0 Å². The first-order chi connectivity index (χ1) is 15.3. The molecule has 0 saturated carbocycles. The topological polar surface area (TPSA) is 78.9 Å². The molecule has 6 heteroatoms. The summed E-state index contributed by atoms with van der Waals surface area (Å²) in [6.07, 6.45) is 8.56. The Bertz CT molecular complexity index is 487. The Labute approximate surface area is 196 Å². The van der Waals surface area contributed by atoms with Crippen LogP contribution in [0.2, 0.25) is 0 Å². The number of unbranched alkanes of at least 4 members (excludes halogenated alkanes) is 2. The van der Waals surface area contributed by atoms with E-state index in [1.54, 1.807) is 0 Å². The first-order valence-electron chi connectivity index (χ1n) is 12.6. The van der Waals surface area contributed by atoms with Crippen LogP contribution in [0.25, 0.3) is 0 Å². The molecule has 0 aliphatic rings. The molecule has 0 amide bonds. The lowest BCUT2D eigenvalue weighted by atomic mass is 10.0. The monoisotopic (exact) mass is 456 g/mol. The molecule has 0 rings (SSSR count). The molecule has 0 N–H and O–H groups in total. The van der Waals surface area contributed by atoms with Crippen LogP contribution in [0.4, 0.5) is 0 Å². The zero-order chi connectivity index (χ0) is 24.0.